The average Bonchev–Trinajstić information content (AvgIpc) is 2.57. The Kier molecular flexibility index (Phi) is 3.52. The lowest BCUT2D eigenvalue weighted by Gasteiger charge is -2.38. The Bertz CT molecular complexity index is 364. The lowest BCUT2D eigenvalue weighted by Crippen LogP contribution is -2.44. The molecule has 1 heterocycles. The lowest BCUT2D eigenvalue weighted by atomic mass is 9.71. The Balaban J connectivity index is 1.81. The topological polar surface area (TPSA) is 42.7 Å². The summed E-state index contributed by atoms with van der Waals surface area (Å²) in [6.07, 6.45) is 5.42. The maximum atomic E-state index is 4.31. The van der Waals surface area contributed by atoms with Gasteiger partial charge in [-0.1, -0.05) is 0 Å². The molecule has 2 unspecified atom stereocenters. The number of nitrogens with zero attached hydrogens (tertiary/aromatic N) is 3. The minimum absolute atomic E-state index is 0.227. The minimum atomic E-state index is 0.227. The summed E-state index contributed by atoms with van der Waals surface area (Å²) >= 11 is 0. The molecule has 4 heteroatoms. The second kappa shape index (κ2) is 4.77. The predicted molar refractivity (Wildman–Crippen MR) is 68.7 cm³/mol. The smallest absolute Gasteiger partial charge is 0.138 e. The van der Waals surface area contributed by atoms with Gasteiger partial charge in [-0.15, -0.1) is 0 Å². The van der Waals surface area contributed by atoms with Crippen molar-refractivity contribution >= 4 is 0 Å². The van der Waals surface area contributed by atoms with Gasteiger partial charge in [0.1, 0.15) is 12.2 Å². The van der Waals surface area contributed by atoms with Crippen LogP contribution in [0.1, 0.15) is 39.4 Å². The van der Waals surface area contributed by atoms with Gasteiger partial charge in [-0.3, -0.25) is 4.68 Å². The summed E-state index contributed by atoms with van der Waals surface area (Å²) in [5.41, 5.74) is 0.227. The van der Waals surface area contributed by atoms with Crippen LogP contribution >= 0.6 is 0 Å². The van der Waals surface area contributed by atoms with Crippen molar-refractivity contribution in [1.29, 1.82) is 0 Å². The molecule has 1 aromatic rings. The number of hydrogen-bond acceptors (Lipinski definition) is 3. The van der Waals surface area contributed by atoms with Crippen LogP contribution in [0.3, 0.4) is 0 Å². The van der Waals surface area contributed by atoms with Gasteiger partial charge in [-0.05, 0) is 52.0 Å². The molecule has 0 saturated heterocycles. The van der Waals surface area contributed by atoms with Gasteiger partial charge in [-0.2, -0.15) is 5.10 Å². The molecular weight excluding hydrogens is 212 g/mol. The van der Waals surface area contributed by atoms with E-state index in [4.69, 9.17) is 0 Å². The molecule has 1 aliphatic carbocycles. The third-order valence-electron chi connectivity index (χ3n) is 3.72. The van der Waals surface area contributed by atoms with Gasteiger partial charge in [0.2, 0.25) is 0 Å². The van der Waals surface area contributed by atoms with E-state index in [9.17, 15) is 0 Å². The highest BCUT2D eigenvalue weighted by Gasteiger charge is 2.32. The van der Waals surface area contributed by atoms with Crippen LogP contribution in [0.5, 0.6) is 0 Å². The molecule has 96 valence electrons. The van der Waals surface area contributed by atoms with E-state index < -0.39 is 0 Å². The minimum Gasteiger partial charge on any atom is -0.312 e. The molecule has 2 atom stereocenters. The third kappa shape index (κ3) is 3.28. The molecule has 4 nitrogen and oxygen atoms in total. The van der Waals surface area contributed by atoms with E-state index in [0.29, 0.717) is 0 Å². The van der Waals surface area contributed by atoms with Crippen molar-refractivity contribution in [3.05, 3.63) is 12.2 Å². The molecule has 0 amide bonds. The SMILES string of the molecule is Cn1ncnc1CC1CCC1CNC(C)(C)C. The van der Waals surface area contributed by atoms with Crippen molar-refractivity contribution in [2.75, 3.05) is 6.54 Å². The summed E-state index contributed by atoms with van der Waals surface area (Å²) in [5, 5.41) is 7.73. The summed E-state index contributed by atoms with van der Waals surface area (Å²) in [6, 6.07) is 0. The number of rotatable bonds is 4. The molecule has 1 saturated carbocycles. The molecule has 1 aromatic heterocycles. The highest BCUT2D eigenvalue weighted by molar-refractivity contribution is 4.93. The summed E-state index contributed by atoms with van der Waals surface area (Å²) in [7, 11) is 1.98. The van der Waals surface area contributed by atoms with E-state index in [2.05, 4.69) is 36.2 Å². The molecular formula is C13H24N4. The average molecular weight is 236 g/mol. The largest absolute Gasteiger partial charge is 0.312 e. The first-order chi connectivity index (χ1) is 7.96. The number of aryl methyl sites for hydroxylation is 1. The first-order valence-electron chi connectivity index (χ1n) is 6.53. The van der Waals surface area contributed by atoms with Gasteiger partial charge >= 0.3 is 0 Å². The van der Waals surface area contributed by atoms with Crippen molar-refractivity contribution in [3.8, 4) is 0 Å². The van der Waals surface area contributed by atoms with Crippen LogP contribution in [0.25, 0.3) is 0 Å². The van der Waals surface area contributed by atoms with Crippen molar-refractivity contribution in [2.45, 2.75) is 45.6 Å². The van der Waals surface area contributed by atoms with Gasteiger partial charge in [0.05, 0.1) is 0 Å². The maximum Gasteiger partial charge on any atom is 0.138 e. The number of aromatic nitrogens is 3. The van der Waals surface area contributed by atoms with Gasteiger partial charge in [0, 0.05) is 19.0 Å². The summed E-state index contributed by atoms with van der Waals surface area (Å²) in [4.78, 5) is 4.31. The van der Waals surface area contributed by atoms with Crippen molar-refractivity contribution in [2.24, 2.45) is 18.9 Å². The Labute approximate surface area is 104 Å². The first-order valence-corrected chi connectivity index (χ1v) is 6.53. The van der Waals surface area contributed by atoms with E-state index >= 15 is 0 Å². The van der Waals surface area contributed by atoms with Crippen LogP contribution in [0, 0.1) is 11.8 Å². The zero-order chi connectivity index (χ0) is 12.5. The van der Waals surface area contributed by atoms with Crippen molar-refractivity contribution < 1.29 is 0 Å². The molecule has 0 aliphatic heterocycles. The Hall–Kier alpha value is -0.900. The van der Waals surface area contributed by atoms with Gasteiger partial charge in [-0.25, -0.2) is 4.98 Å². The monoisotopic (exact) mass is 236 g/mol. The standard InChI is InChI=1S/C13H24N4/c1-13(2,3)15-8-11-6-5-10(11)7-12-14-9-16-17(12)4/h9-11,15H,5-8H2,1-4H3. The van der Waals surface area contributed by atoms with Crippen molar-refractivity contribution in [1.82, 2.24) is 20.1 Å². The van der Waals surface area contributed by atoms with Crippen LogP contribution in [-0.4, -0.2) is 26.8 Å². The second-order valence-corrected chi connectivity index (χ2v) is 6.23. The fourth-order valence-electron chi connectivity index (χ4n) is 2.35. The molecule has 0 spiro atoms. The molecule has 0 radical (unpaired) electrons. The fraction of sp³-hybridized carbons (Fsp3) is 0.846. The first kappa shape index (κ1) is 12.6. The lowest BCUT2D eigenvalue weighted by molar-refractivity contribution is 0.156. The molecule has 0 aromatic carbocycles. The Morgan fingerprint density at radius 3 is 2.53 bits per heavy atom. The molecule has 0 bridgehead atoms. The predicted octanol–water partition coefficient (Wildman–Crippen LogP) is 1.77. The van der Waals surface area contributed by atoms with Gasteiger partial charge in [0.25, 0.3) is 0 Å². The van der Waals surface area contributed by atoms with Crippen LogP contribution in [0.2, 0.25) is 0 Å². The van der Waals surface area contributed by atoms with E-state index in [1.165, 1.54) is 12.8 Å². The molecule has 1 N–H and O–H groups in total. The van der Waals surface area contributed by atoms with Crippen LogP contribution in [-0.2, 0) is 13.5 Å². The highest BCUT2D eigenvalue weighted by atomic mass is 15.3. The number of hydrogen-bond donors (Lipinski definition) is 1. The Morgan fingerprint density at radius 2 is 2.06 bits per heavy atom. The van der Waals surface area contributed by atoms with Crippen molar-refractivity contribution in [3.63, 3.8) is 0 Å². The van der Waals surface area contributed by atoms with Crippen LogP contribution < -0.4 is 5.32 Å². The zero-order valence-electron chi connectivity index (χ0n) is 11.4. The molecule has 17 heavy (non-hydrogen) atoms. The number of nitrogens with one attached hydrogen (secondary N) is 1. The fourth-order valence-corrected chi connectivity index (χ4v) is 2.35. The molecule has 1 fully saturated rings. The normalized spacial score (nSPS) is 24.7. The van der Waals surface area contributed by atoms with Crippen LogP contribution in [0.15, 0.2) is 6.33 Å². The van der Waals surface area contributed by atoms with E-state index in [0.717, 1.165) is 30.6 Å². The highest BCUT2D eigenvalue weighted by Crippen LogP contribution is 2.36. The van der Waals surface area contributed by atoms with E-state index in [1.54, 1.807) is 6.33 Å². The Morgan fingerprint density at radius 1 is 1.35 bits per heavy atom. The second-order valence-electron chi connectivity index (χ2n) is 6.23. The summed E-state index contributed by atoms with van der Waals surface area (Å²) in [6.45, 7) is 7.81. The van der Waals surface area contributed by atoms with E-state index in [1.807, 2.05) is 11.7 Å². The summed E-state index contributed by atoms with van der Waals surface area (Å²) in [5.74, 6) is 2.72. The third-order valence-corrected chi connectivity index (χ3v) is 3.72. The van der Waals surface area contributed by atoms with E-state index in [-0.39, 0.29) is 5.54 Å². The zero-order valence-corrected chi connectivity index (χ0v) is 11.4. The summed E-state index contributed by atoms with van der Waals surface area (Å²) < 4.78 is 1.90. The van der Waals surface area contributed by atoms with Gasteiger partial charge < -0.3 is 5.32 Å². The molecule has 2 rings (SSSR count). The quantitative estimate of drug-likeness (QED) is 0.866. The maximum absolute atomic E-state index is 4.31. The van der Waals surface area contributed by atoms with Gasteiger partial charge in [0.15, 0.2) is 0 Å². The van der Waals surface area contributed by atoms with Crippen LogP contribution in [0.4, 0.5) is 0 Å². The molecule has 1 aliphatic rings.